The number of carbonyl (C=O) groups is 2. The molecule has 0 spiro atoms. The molecule has 2 N–H and O–H groups in total. The summed E-state index contributed by atoms with van der Waals surface area (Å²) in [7, 11) is 0. The Morgan fingerprint density at radius 1 is 1.33 bits per heavy atom. The minimum absolute atomic E-state index is 0.0444. The molecule has 0 heterocycles. The Hall–Kier alpha value is -1.52. The predicted octanol–water partition coefficient (Wildman–Crippen LogP) is 3.12. The molecule has 2 amide bonds. The molecule has 0 aromatic heterocycles. The molecule has 0 aliphatic heterocycles. The van der Waals surface area contributed by atoms with Crippen LogP contribution in [-0.4, -0.2) is 40.6 Å². The van der Waals surface area contributed by atoms with E-state index < -0.39 is 5.97 Å². The lowest BCUT2D eigenvalue weighted by molar-refractivity contribution is -0.138. The summed E-state index contributed by atoms with van der Waals surface area (Å²) in [4.78, 5) is 24.9. The van der Waals surface area contributed by atoms with Gasteiger partial charge >= 0.3 is 12.0 Å². The van der Waals surface area contributed by atoms with Gasteiger partial charge in [0.05, 0.1) is 0 Å². The Labute approximate surface area is 128 Å². The molecule has 0 bridgehead atoms. The van der Waals surface area contributed by atoms with Crippen molar-refractivity contribution in [3.63, 3.8) is 0 Å². The molecule has 5 nitrogen and oxygen atoms in total. The van der Waals surface area contributed by atoms with Crippen LogP contribution in [0.1, 0.15) is 47.5 Å². The van der Waals surface area contributed by atoms with Crippen molar-refractivity contribution in [3.8, 4) is 0 Å². The van der Waals surface area contributed by atoms with Gasteiger partial charge in [0.1, 0.15) is 0 Å². The van der Waals surface area contributed by atoms with Crippen molar-refractivity contribution >= 4 is 12.0 Å². The number of nitrogens with one attached hydrogen (secondary N) is 1. The standard InChI is InChI=1S/C16H30N2O3/c1-7-8-18(16(4,5)6)15(21)17-11-13(9-12(2)3)10-14(19)20/h7,12-13H,1,8-11H2,2-6H3,(H,17,21)(H,19,20)/t13-/m0/s1. The number of carboxylic acids is 1. The van der Waals surface area contributed by atoms with Gasteiger partial charge in [-0.2, -0.15) is 0 Å². The monoisotopic (exact) mass is 298 g/mol. The summed E-state index contributed by atoms with van der Waals surface area (Å²) >= 11 is 0. The number of carbonyl (C=O) groups excluding carboxylic acids is 1. The van der Waals surface area contributed by atoms with Crippen LogP contribution in [0.5, 0.6) is 0 Å². The van der Waals surface area contributed by atoms with Gasteiger partial charge in [-0.15, -0.1) is 6.58 Å². The molecule has 122 valence electrons. The molecular formula is C16H30N2O3. The first-order valence-electron chi connectivity index (χ1n) is 7.46. The Morgan fingerprint density at radius 3 is 2.29 bits per heavy atom. The third kappa shape index (κ3) is 8.38. The summed E-state index contributed by atoms with van der Waals surface area (Å²) in [5.41, 5.74) is -0.307. The van der Waals surface area contributed by atoms with Gasteiger partial charge < -0.3 is 15.3 Å². The van der Waals surface area contributed by atoms with Crippen LogP contribution in [0.25, 0.3) is 0 Å². The quantitative estimate of drug-likeness (QED) is 0.676. The van der Waals surface area contributed by atoms with Crippen LogP contribution in [0.4, 0.5) is 4.79 Å². The molecule has 0 unspecified atom stereocenters. The number of nitrogens with zero attached hydrogens (tertiary/aromatic N) is 1. The minimum atomic E-state index is -0.825. The zero-order valence-corrected chi connectivity index (χ0v) is 14.0. The average molecular weight is 298 g/mol. The van der Waals surface area contributed by atoms with Crippen LogP contribution < -0.4 is 5.32 Å². The van der Waals surface area contributed by atoms with Crippen LogP contribution >= 0.6 is 0 Å². The normalized spacial score (nSPS) is 12.9. The Kier molecular flexibility index (Phi) is 8.07. The van der Waals surface area contributed by atoms with Gasteiger partial charge in [-0.05, 0) is 39.0 Å². The smallest absolute Gasteiger partial charge is 0.318 e. The van der Waals surface area contributed by atoms with Gasteiger partial charge in [0.2, 0.25) is 0 Å². The fraction of sp³-hybridized carbons (Fsp3) is 0.750. The number of hydrogen-bond donors (Lipinski definition) is 2. The lowest BCUT2D eigenvalue weighted by Gasteiger charge is -2.35. The summed E-state index contributed by atoms with van der Waals surface area (Å²) < 4.78 is 0. The number of hydrogen-bond acceptors (Lipinski definition) is 2. The molecule has 0 fully saturated rings. The van der Waals surface area contributed by atoms with E-state index in [0.717, 1.165) is 6.42 Å². The highest BCUT2D eigenvalue weighted by molar-refractivity contribution is 5.75. The first-order chi connectivity index (χ1) is 9.57. The molecule has 0 rings (SSSR count). The third-order valence-electron chi connectivity index (χ3n) is 3.18. The first kappa shape index (κ1) is 19.5. The lowest BCUT2D eigenvalue weighted by Crippen LogP contribution is -2.51. The Bertz CT molecular complexity index is 359. The topological polar surface area (TPSA) is 69.6 Å². The summed E-state index contributed by atoms with van der Waals surface area (Å²) in [6.07, 6.45) is 2.55. The van der Waals surface area contributed by atoms with Gasteiger partial charge in [-0.25, -0.2) is 4.79 Å². The van der Waals surface area contributed by atoms with Crippen molar-refractivity contribution in [2.24, 2.45) is 11.8 Å². The number of rotatable bonds is 8. The maximum atomic E-state index is 12.3. The minimum Gasteiger partial charge on any atom is -0.481 e. The zero-order valence-electron chi connectivity index (χ0n) is 14.0. The van der Waals surface area contributed by atoms with E-state index >= 15 is 0 Å². The maximum Gasteiger partial charge on any atom is 0.318 e. The van der Waals surface area contributed by atoms with Crippen LogP contribution in [0.3, 0.4) is 0 Å². The highest BCUT2D eigenvalue weighted by Crippen LogP contribution is 2.16. The molecular weight excluding hydrogens is 268 g/mol. The van der Waals surface area contributed by atoms with E-state index in [1.54, 1.807) is 11.0 Å². The number of aliphatic carboxylic acids is 1. The van der Waals surface area contributed by atoms with E-state index in [0.29, 0.717) is 19.0 Å². The molecule has 21 heavy (non-hydrogen) atoms. The van der Waals surface area contributed by atoms with Crippen molar-refractivity contribution in [1.29, 1.82) is 0 Å². The molecule has 1 atom stereocenters. The van der Waals surface area contributed by atoms with E-state index in [1.807, 2.05) is 20.8 Å². The van der Waals surface area contributed by atoms with Crippen LogP contribution in [0.15, 0.2) is 12.7 Å². The summed E-state index contributed by atoms with van der Waals surface area (Å²) in [6, 6.07) is -0.179. The molecule has 0 aliphatic carbocycles. The van der Waals surface area contributed by atoms with Gasteiger partial charge in [-0.3, -0.25) is 4.79 Å². The SMILES string of the molecule is C=CCN(C(=O)NC[C@H](CC(=O)O)CC(C)C)C(C)(C)C. The fourth-order valence-electron chi connectivity index (χ4n) is 2.27. The van der Waals surface area contributed by atoms with Crippen LogP contribution in [0, 0.1) is 11.8 Å². The predicted molar refractivity (Wildman–Crippen MR) is 85.3 cm³/mol. The second-order valence-electron chi connectivity index (χ2n) is 6.85. The van der Waals surface area contributed by atoms with Crippen LogP contribution in [0.2, 0.25) is 0 Å². The van der Waals surface area contributed by atoms with Gasteiger partial charge in [0, 0.05) is 25.0 Å². The molecule has 0 saturated heterocycles. The first-order valence-corrected chi connectivity index (χ1v) is 7.46. The van der Waals surface area contributed by atoms with Gasteiger partial charge in [0.25, 0.3) is 0 Å². The maximum absolute atomic E-state index is 12.3. The van der Waals surface area contributed by atoms with E-state index in [2.05, 4.69) is 25.7 Å². The van der Waals surface area contributed by atoms with E-state index in [-0.39, 0.29) is 23.9 Å². The summed E-state index contributed by atoms with van der Waals surface area (Å²) in [5, 5.41) is 11.8. The van der Waals surface area contributed by atoms with Crippen LogP contribution in [-0.2, 0) is 4.79 Å². The van der Waals surface area contributed by atoms with Crippen molar-refractivity contribution in [1.82, 2.24) is 10.2 Å². The van der Waals surface area contributed by atoms with E-state index in [9.17, 15) is 9.59 Å². The van der Waals surface area contributed by atoms with E-state index in [1.165, 1.54) is 0 Å². The van der Waals surface area contributed by atoms with Crippen molar-refractivity contribution in [2.75, 3.05) is 13.1 Å². The summed E-state index contributed by atoms with van der Waals surface area (Å²) in [5.74, 6) is -0.469. The third-order valence-corrected chi connectivity index (χ3v) is 3.18. The highest BCUT2D eigenvalue weighted by Gasteiger charge is 2.26. The Morgan fingerprint density at radius 2 is 1.90 bits per heavy atom. The van der Waals surface area contributed by atoms with Gasteiger partial charge in [0.15, 0.2) is 0 Å². The highest BCUT2D eigenvalue weighted by atomic mass is 16.4. The molecule has 0 aliphatic rings. The van der Waals surface area contributed by atoms with Crippen molar-refractivity contribution < 1.29 is 14.7 Å². The molecule has 0 radical (unpaired) electrons. The average Bonchev–Trinajstić information content (AvgIpc) is 2.29. The van der Waals surface area contributed by atoms with Crippen molar-refractivity contribution in [3.05, 3.63) is 12.7 Å². The number of amides is 2. The van der Waals surface area contributed by atoms with Gasteiger partial charge in [-0.1, -0.05) is 19.9 Å². The van der Waals surface area contributed by atoms with Crippen molar-refractivity contribution in [2.45, 2.75) is 53.0 Å². The molecule has 0 aromatic carbocycles. The molecule has 0 aromatic rings. The number of carboxylic acid groups (broad SMARTS) is 1. The Balaban J connectivity index is 4.64. The number of urea groups is 1. The van der Waals surface area contributed by atoms with E-state index in [4.69, 9.17) is 5.11 Å². The fourth-order valence-corrected chi connectivity index (χ4v) is 2.27. The lowest BCUT2D eigenvalue weighted by atomic mass is 9.94. The largest absolute Gasteiger partial charge is 0.481 e. The summed E-state index contributed by atoms with van der Waals surface area (Å²) in [6.45, 7) is 14.5. The second kappa shape index (κ2) is 8.70. The molecule has 5 heteroatoms. The molecule has 0 saturated carbocycles. The second-order valence-corrected chi connectivity index (χ2v) is 6.85. The zero-order chi connectivity index (χ0) is 16.6.